The van der Waals surface area contributed by atoms with Gasteiger partial charge in [-0.25, -0.2) is 13.2 Å². The molecule has 3 aromatic carbocycles. The third-order valence-corrected chi connectivity index (χ3v) is 6.57. The number of benzene rings is 3. The molecule has 0 bridgehead atoms. The van der Waals surface area contributed by atoms with Crippen molar-refractivity contribution >= 4 is 39.2 Å². The number of rotatable bonds is 9. The van der Waals surface area contributed by atoms with Gasteiger partial charge < -0.3 is 15.2 Å². The zero-order valence-corrected chi connectivity index (χ0v) is 19.2. The highest BCUT2D eigenvalue weighted by Gasteiger charge is 2.23. The lowest BCUT2D eigenvalue weighted by atomic mass is 10.2. The summed E-state index contributed by atoms with van der Waals surface area (Å²) in [5.41, 5.74) is 6.14. The zero-order chi connectivity index (χ0) is 24.0. The number of nitrogens with zero attached hydrogens (tertiary/aromatic N) is 1. The van der Waals surface area contributed by atoms with Crippen LogP contribution in [-0.4, -0.2) is 33.9 Å². The minimum absolute atomic E-state index is 0.0683. The van der Waals surface area contributed by atoms with Crippen molar-refractivity contribution in [3.63, 3.8) is 0 Å². The van der Waals surface area contributed by atoms with Crippen LogP contribution < -0.4 is 14.8 Å². The summed E-state index contributed by atoms with van der Waals surface area (Å²) >= 11 is 5.97. The molecule has 1 amide bonds. The molecule has 0 heterocycles. The van der Waals surface area contributed by atoms with E-state index in [4.69, 9.17) is 26.8 Å². The van der Waals surface area contributed by atoms with Gasteiger partial charge in [0.25, 0.3) is 15.9 Å². The van der Waals surface area contributed by atoms with Gasteiger partial charge >= 0.3 is 5.97 Å². The Hall–Kier alpha value is -3.56. The molecule has 0 aromatic heterocycles. The molecule has 3 rings (SSSR count). The first-order chi connectivity index (χ1) is 15.7. The Labute approximate surface area is 196 Å². The summed E-state index contributed by atoms with van der Waals surface area (Å²) in [5.74, 6) is -0.900. The van der Waals surface area contributed by atoms with E-state index in [-0.39, 0.29) is 23.7 Å². The Morgan fingerprint density at radius 2 is 1.73 bits per heavy atom. The number of nitrogens with two attached hydrogens (primary N) is 1. The molecule has 2 N–H and O–H groups in total. The van der Waals surface area contributed by atoms with E-state index in [1.807, 2.05) is 0 Å². The van der Waals surface area contributed by atoms with Gasteiger partial charge in [0.2, 0.25) is 0 Å². The van der Waals surface area contributed by atoms with Crippen molar-refractivity contribution in [2.45, 2.75) is 11.5 Å². The van der Waals surface area contributed by atoms with Crippen LogP contribution in [0, 0.1) is 0 Å². The summed E-state index contributed by atoms with van der Waals surface area (Å²) in [6.45, 7) is -0.347. The van der Waals surface area contributed by atoms with Crippen molar-refractivity contribution in [3.8, 4) is 5.75 Å². The lowest BCUT2D eigenvalue weighted by molar-refractivity contribution is -0.119. The molecule has 3 aromatic rings. The number of esters is 1. The summed E-state index contributed by atoms with van der Waals surface area (Å²) in [5, 5.41) is 0.399. The smallest absolute Gasteiger partial charge is 0.338 e. The van der Waals surface area contributed by atoms with Crippen molar-refractivity contribution in [1.82, 2.24) is 0 Å². The summed E-state index contributed by atoms with van der Waals surface area (Å²) in [7, 11) is -2.54. The third-order valence-electron chi connectivity index (χ3n) is 4.55. The average Bonchev–Trinajstić information content (AvgIpc) is 2.81. The average molecular weight is 489 g/mol. The van der Waals surface area contributed by atoms with Crippen molar-refractivity contribution in [2.75, 3.05) is 18.0 Å². The minimum Gasteiger partial charge on any atom is -0.484 e. The fourth-order valence-corrected chi connectivity index (χ4v) is 4.28. The van der Waals surface area contributed by atoms with E-state index in [0.717, 1.165) is 4.31 Å². The maximum absolute atomic E-state index is 13.0. The number of halogens is 1. The Kier molecular flexibility index (Phi) is 7.57. The van der Waals surface area contributed by atoms with E-state index in [0.29, 0.717) is 22.0 Å². The Morgan fingerprint density at radius 3 is 2.45 bits per heavy atom. The number of hydrogen-bond acceptors (Lipinski definition) is 6. The monoisotopic (exact) mass is 488 g/mol. The molecule has 0 unspecified atom stereocenters. The van der Waals surface area contributed by atoms with Gasteiger partial charge in [-0.15, -0.1) is 0 Å². The van der Waals surface area contributed by atoms with Gasteiger partial charge in [-0.2, -0.15) is 0 Å². The summed E-state index contributed by atoms with van der Waals surface area (Å²) in [6, 6.07) is 18.6. The van der Waals surface area contributed by atoms with Gasteiger partial charge in [-0.05, 0) is 54.1 Å². The molecule has 172 valence electrons. The lowest BCUT2D eigenvalue weighted by Gasteiger charge is -2.20. The number of sulfonamides is 1. The first kappa shape index (κ1) is 24.1. The van der Waals surface area contributed by atoms with E-state index < -0.39 is 21.9 Å². The van der Waals surface area contributed by atoms with Gasteiger partial charge in [0.15, 0.2) is 6.61 Å². The Bertz CT molecular complexity index is 1280. The standard InChI is InChI=1S/C23H21ClN2O6S/c1-26(19-8-4-7-18(24)13-19)33(29,30)21-10-3-6-17(12-21)23(28)32-14-16-5-2-9-20(11-16)31-15-22(25)27/h2-13H,14-15H2,1H3,(H2,25,27). The van der Waals surface area contributed by atoms with Crippen molar-refractivity contribution < 1.29 is 27.5 Å². The quantitative estimate of drug-likeness (QED) is 0.461. The number of carbonyl (C=O) groups excluding carboxylic acids is 2. The summed E-state index contributed by atoms with van der Waals surface area (Å²) in [4.78, 5) is 23.3. The third kappa shape index (κ3) is 6.24. The largest absolute Gasteiger partial charge is 0.484 e. The molecule has 0 aliphatic heterocycles. The molecule has 0 saturated carbocycles. The van der Waals surface area contributed by atoms with Gasteiger partial charge in [0.05, 0.1) is 16.1 Å². The molecular formula is C23H21ClN2O6S. The topological polar surface area (TPSA) is 116 Å². The second kappa shape index (κ2) is 10.4. The highest BCUT2D eigenvalue weighted by Crippen LogP contribution is 2.25. The fourth-order valence-electron chi connectivity index (χ4n) is 2.86. The number of anilines is 1. The first-order valence-electron chi connectivity index (χ1n) is 9.68. The predicted octanol–water partition coefficient (Wildman–Crippen LogP) is 3.39. The number of hydrogen-bond donors (Lipinski definition) is 1. The van der Waals surface area contributed by atoms with Crippen LogP contribution in [0.2, 0.25) is 5.02 Å². The predicted molar refractivity (Wildman–Crippen MR) is 124 cm³/mol. The van der Waals surface area contributed by atoms with E-state index >= 15 is 0 Å². The Balaban J connectivity index is 1.72. The van der Waals surface area contributed by atoms with Gasteiger partial charge in [0.1, 0.15) is 12.4 Å². The van der Waals surface area contributed by atoms with Crippen LogP contribution in [0.1, 0.15) is 15.9 Å². The van der Waals surface area contributed by atoms with Gasteiger partial charge in [-0.3, -0.25) is 9.10 Å². The van der Waals surface area contributed by atoms with Crippen LogP contribution in [0.3, 0.4) is 0 Å². The molecule has 0 aliphatic carbocycles. The van der Waals surface area contributed by atoms with E-state index in [1.165, 1.54) is 37.4 Å². The van der Waals surface area contributed by atoms with Crippen LogP contribution in [0.25, 0.3) is 0 Å². The fraction of sp³-hybridized carbons (Fsp3) is 0.130. The maximum Gasteiger partial charge on any atom is 0.338 e. The number of carbonyl (C=O) groups is 2. The zero-order valence-electron chi connectivity index (χ0n) is 17.6. The minimum atomic E-state index is -3.94. The van der Waals surface area contributed by atoms with Crippen LogP contribution in [0.15, 0.2) is 77.7 Å². The molecule has 10 heteroatoms. The summed E-state index contributed by atoms with van der Waals surface area (Å²) in [6.07, 6.45) is 0. The van der Waals surface area contributed by atoms with Crippen molar-refractivity contribution in [3.05, 3.63) is 88.9 Å². The summed E-state index contributed by atoms with van der Waals surface area (Å²) < 4.78 is 37.7. The number of amides is 1. The number of ether oxygens (including phenoxy) is 2. The van der Waals surface area contributed by atoms with Crippen molar-refractivity contribution in [2.24, 2.45) is 5.73 Å². The molecule has 0 radical (unpaired) electrons. The molecule has 0 saturated heterocycles. The maximum atomic E-state index is 13.0. The molecule has 33 heavy (non-hydrogen) atoms. The van der Waals surface area contributed by atoms with Crippen molar-refractivity contribution in [1.29, 1.82) is 0 Å². The molecule has 0 aliphatic rings. The van der Waals surface area contributed by atoms with Gasteiger partial charge in [0, 0.05) is 12.1 Å². The van der Waals surface area contributed by atoms with E-state index in [9.17, 15) is 18.0 Å². The first-order valence-corrected chi connectivity index (χ1v) is 11.5. The normalized spacial score (nSPS) is 11.0. The molecule has 0 spiro atoms. The van der Waals surface area contributed by atoms with E-state index in [2.05, 4.69) is 0 Å². The van der Waals surface area contributed by atoms with Crippen LogP contribution in [0.4, 0.5) is 5.69 Å². The van der Waals surface area contributed by atoms with Crippen LogP contribution >= 0.6 is 11.6 Å². The van der Waals surface area contributed by atoms with Crippen LogP contribution in [0.5, 0.6) is 5.75 Å². The van der Waals surface area contributed by atoms with E-state index in [1.54, 1.807) is 42.5 Å². The highest BCUT2D eigenvalue weighted by atomic mass is 35.5. The number of primary amides is 1. The second-order valence-electron chi connectivity index (χ2n) is 6.96. The molecule has 0 atom stereocenters. The second-order valence-corrected chi connectivity index (χ2v) is 9.36. The molecule has 0 fully saturated rings. The SMILES string of the molecule is CN(c1cccc(Cl)c1)S(=O)(=O)c1cccc(C(=O)OCc2cccc(OCC(N)=O)c2)c1. The lowest BCUT2D eigenvalue weighted by Crippen LogP contribution is -2.26. The highest BCUT2D eigenvalue weighted by molar-refractivity contribution is 7.92. The van der Waals surface area contributed by atoms with Crippen LogP contribution in [-0.2, 0) is 26.2 Å². The molecular weight excluding hydrogens is 468 g/mol. The van der Waals surface area contributed by atoms with Gasteiger partial charge in [-0.1, -0.05) is 35.9 Å². The molecule has 8 nitrogen and oxygen atoms in total. The Morgan fingerprint density at radius 1 is 1.00 bits per heavy atom.